The molecular weight excluding hydrogens is 265 g/mol. The van der Waals surface area contributed by atoms with E-state index < -0.39 is 5.82 Å². The van der Waals surface area contributed by atoms with Gasteiger partial charge in [0.1, 0.15) is 5.82 Å². The molecule has 2 aromatic rings. The molecule has 0 aliphatic carbocycles. The first kappa shape index (κ1) is 13.6. The molecule has 1 heterocycles. The first-order chi connectivity index (χ1) is 9.19. The van der Waals surface area contributed by atoms with E-state index in [0.29, 0.717) is 5.69 Å². The van der Waals surface area contributed by atoms with Crippen molar-refractivity contribution in [2.24, 2.45) is 0 Å². The number of aromatic nitrogens is 1. The maximum Gasteiger partial charge on any atom is 0.143 e. The van der Waals surface area contributed by atoms with Crippen molar-refractivity contribution in [1.29, 1.82) is 0 Å². The van der Waals surface area contributed by atoms with Crippen molar-refractivity contribution in [2.75, 3.05) is 17.2 Å². The quantitative estimate of drug-likeness (QED) is 0.849. The number of hydrogen-bond acceptors (Lipinski definition) is 3. The van der Waals surface area contributed by atoms with Gasteiger partial charge in [0.2, 0.25) is 0 Å². The van der Waals surface area contributed by atoms with Gasteiger partial charge in [0.25, 0.3) is 0 Å². The van der Waals surface area contributed by atoms with Gasteiger partial charge < -0.3 is 10.6 Å². The fourth-order valence-electron chi connectivity index (χ4n) is 1.61. The maximum atomic E-state index is 13.3. The second-order valence-corrected chi connectivity index (χ2v) is 4.55. The van der Waals surface area contributed by atoms with Crippen LogP contribution < -0.4 is 10.6 Å². The predicted molar refractivity (Wildman–Crippen MR) is 77.7 cm³/mol. The molecule has 3 nitrogen and oxygen atoms in total. The summed E-state index contributed by atoms with van der Waals surface area (Å²) in [4.78, 5) is 4.13. The number of hydrogen-bond donors (Lipinski definition) is 2. The van der Waals surface area contributed by atoms with E-state index in [1.165, 1.54) is 12.1 Å². The largest absolute Gasteiger partial charge is 0.384 e. The van der Waals surface area contributed by atoms with Crippen molar-refractivity contribution in [3.05, 3.63) is 47.5 Å². The molecule has 0 amide bonds. The molecule has 0 atom stereocenters. The van der Waals surface area contributed by atoms with Crippen molar-refractivity contribution in [2.45, 2.75) is 13.3 Å². The summed E-state index contributed by atoms with van der Waals surface area (Å²) in [5.74, 6) is -0.445. The second-order valence-electron chi connectivity index (χ2n) is 4.14. The van der Waals surface area contributed by atoms with E-state index >= 15 is 0 Å². The lowest BCUT2D eigenvalue weighted by atomic mass is 10.3. The lowest BCUT2D eigenvalue weighted by molar-refractivity contribution is 0.629. The lowest BCUT2D eigenvalue weighted by Crippen LogP contribution is -2.01. The Morgan fingerprint density at radius 2 is 1.95 bits per heavy atom. The van der Waals surface area contributed by atoms with Crippen molar-refractivity contribution < 1.29 is 4.39 Å². The Bertz CT molecular complexity index is 560. The maximum absolute atomic E-state index is 13.3. The molecule has 0 saturated carbocycles. The Hall–Kier alpha value is -1.81. The number of halogens is 2. The number of pyridine rings is 1. The summed E-state index contributed by atoms with van der Waals surface area (Å²) in [5.41, 5.74) is 2.36. The number of anilines is 3. The van der Waals surface area contributed by atoms with Gasteiger partial charge in [0, 0.05) is 12.2 Å². The normalized spacial score (nSPS) is 10.3. The van der Waals surface area contributed by atoms with Crippen LogP contribution in [0, 0.1) is 5.82 Å². The van der Waals surface area contributed by atoms with Gasteiger partial charge in [0.15, 0.2) is 0 Å². The zero-order valence-electron chi connectivity index (χ0n) is 10.6. The van der Waals surface area contributed by atoms with Gasteiger partial charge in [-0.25, -0.2) is 4.39 Å². The summed E-state index contributed by atoms with van der Waals surface area (Å²) in [6.07, 6.45) is 4.48. The molecule has 1 aromatic carbocycles. The molecule has 2 N–H and O–H groups in total. The molecule has 2 rings (SSSR count). The van der Waals surface area contributed by atoms with E-state index in [0.717, 1.165) is 24.3 Å². The van der Waals surface area contributed by atoms with Crippen LogP contribution in [0.5, 0.6) is 0 Å². The SMILES string of the molecule is CCCNc1cncc(Nc2ccc(Cl)c(F)c2)c1. The summed E-state index contributed by atoms with van der Waals surface area (Å²) in [5, 5.41) is 6.44. The van der Waals surface area contributed by atoms with Gasteiger partial charge in [0.05, 0.1) is 28.8 Å². The summed E-state index contributed by atoms with van der Waals surface area (Å²) in [6, 6.07) is 6.52. The Morgan fingerprint density at radius 3 is 2.68 bits per heavy atom. The topological polar surface area (TPSA) is 37.0 Å². The summed E-state index contributed by atoms with van der Waals surface area (Å²) in [6.45, 7) is 2.99. The lowest BCUT2D eigenvalue weighted by Gasteiger charge is -2.09. The van der Waals surface area contributed by atoms with Crippen molar-refractivity contribution >= 4 is 28.7 Å². The van der Waals surface area contributed by atoms with E-state index in [2.05, 4.69) is 22.5 Å². The van der Waals surface area contributed by atoms with Crippen LogP contribution in [-0.4, -0.2) is 11.5 Å². The molecule has 100 valence electrons. The zero-order chi connectivity index (χ0) is 13.7. The van der Waals surface area contributed by atoms with Crippen molar-refractivity contribution in [3.8, 4) is 0 Å². The van der Waals surface area contributed by atoms with E-state index in [-0.39, 0.29) is 5.02 Å². The first-order valence-electron chi connectivity index (χ1n) is 6.10. The molecule has 0 aliphatic heterocycles. The highest BCUT2D eigenvalue weighted by molar-refractivity contribution is 6.30. The van der Waals surface area contributed by atoms with Crippen LogP contribution in [0.1, 0.15) is 13.3 Å². The van der Waals surface area contributed by atoms with Crippen LogP contribution in [0.15, 0.2) is 36.7 Å². The van der Waals surface area contributed by atoms with Gasteiger partial charge in [-0.05, 0) is 30.7 Å². The summed E-state index contributed by atoms with van der Waals surface area (Å²) < 4.78 is 13.3. The van der Waals surface area contributed by atoms with Crippen LogP contribution in [0.2, 0.25) is 5.02 Å². The van der Waals surface area contributed by atoms with Crippen LogP contribution >= 0.6 is 11.6 Å². The number of benzene rings is 1. The van der Waals surface area contributed by atoms with E-state index in [9.17, 15) is 4.39 Å². The van der Waals surface area contributed by atoms with E-state index in [1.54, 1.807) is 18.5 Å². The summed E-state index contributed by atoms with van der Waals surface area (Å²) >= 11 is 5.64. The molecule has 0 aliphatic rings. The molecule has 0 fully saturated rings. The number of rotatable bonds is 5. The standard InChI is InChI=1S/C14H15ClFN3/c1-2-5-18-11-6-12(9-17-8-11)19-10-3-4-13(15)14(16)7-10/h3-4,6-9,18-19H,2,5H2,1H3. The fraction of sp³-hybridized carbons (Fsp3) is 0.214. The third-order valence-electron chi connectivity index (χ3n) is 2.53. The minimum absolute atomic E-state index is 0.113. The average molecular weight is 280 g/mol. The van der Waals surface area contributed by atoms with E-state index in [4.69, 9.17) is 11.6 Å². The van der Waals surface area contributed by atoms with Gasteiger partial charge in [-0.15, -0.1) is 0 Å². The first-order valence-corrected chi connectivity index (χ1v) is 6.48. The van der Waals surface area contributed by atoms with Gasteiger partial charge in [-0.1, -0.05) is 18.5 Å². The highest BCUT2D eigenvalue weighted by Gasteiger charge is 2.02. The van der Waals surface area contributed by atoms with Crippen LogP contribution in [-0.2, 0) is 0 Å². The Balaban J connectivity index is 2.11. The average Bonchev–Trinajstić information content (AvgIpc) is 2.41. The highest BCUT2D eigenvalue weighted by atomic mass is 35.5. The van der Waals surface area contributed by atoms with Gasteiger partial charge in [-0.3, -0.25) is 4.98 Å². The monoisotopic (exact) mass is 279 g/mol. The second kappa shape index (κ2) is 6.38. The minimum Gasteiger partial charge on any atom is -0.384 e. The Kier molecular flexibility index (Phi) is 4.58. The van der Waals surface area contributed by atoms with E-state index in [1.807, 2.05) is 6.07 Å². The third-order valence-corrected chi connectivity index (χ3v) is 2.83. The molecular formula is C14H15ClFN3. The van der Waals surface area contributed by atoms with Crippen molar-refractivity contribution in [3.63, 3.8) is 0 Å². The zero-order valence-corrected chi connectivity index (χ0v) is 11.3. The molecule has 19 heavy (non-hydrogen) atoms. The van der Waals surface area contributed by atoms with Gasteiger partial charge in [-0.2, -0.15) is 0 Å². The van der Waals surface area contributed by atoms with Crippen LogP contribution in [0.25, 0.3) is 0 Å². The molecule has 0 bridgehead atoms. The fourth-order valence-corrected chi connectivity index (χ4v) is 1.73. The van der Waals surface area contributed by atoms with Gasteiger partial charge >= 0.3 is 0 Å². The predicted octanol–water partition coefficient (Wildman–Crippen LogP) is 4.44. The number of nitrogens with one attached hydrogen (secondary N) is 2. The highest BCUT2D eigenvalue weighted by Crippen LogP contribution is 2.23. The smallest absolute Gasteiger partial charge is 0.143 e. The molecule has 1 aromatic heterocycles. The Labute approximate surface area is 116 Å². The third kappa shape index (κ3) is 3.83. The van der Waals surface area contributed by atoms with Crippen molar-refractivity contribution in [1.82, 2.24) is 4.98 Å². The molecule has 0 radical (unpaired) electrons. The molecule has 0 spiro atoms. The molecule has 0 saturated heterocycles. The number of nitrogens with zero attached hydrogens (tertiary/aromatic N) is 1. The molecule has 0 unspecified atom stereocenters. The molecule has 5 heteroatoms. The van der Waals surface area contributed by atoms with Crippen LogP contribution in [0.3, 0.4) is 0 Å². The summed E-state index contributed by atoms with van der Waals surface area (Å²) in [7, 11) is 0. The Morgan fingerprint density at radius 1 is 1.16 bits per heavy atom. The minimum atomic E-state index is -0.445. The van der Waals surface area contributed by atoms with Crippen LogP contribution in [0.4, 0.5) is 21.5 Å².